The molecule has 1 N–H and O–H groups in total. The molecule has 4 nitrogen and oxygen atoms in total. The first kappa shape index (κ1) is 16.9. The highest BCUT2D eigenvalue weighted by molar-refractivity contribution is 5.57. The standard InChI is InChI=1S/C18H29NO3/c1-6-7-8-11-19-14-12-18(2,3)22-16-13(14)9-10-15(20-4)17(16)21-5/h9-10,14,19H,6-8,11-12H2,1-5H3. The fourth-order valence-corrected chi connectivity index (χ4v) is 3.05. The van der Waals surface area contributed by atoms with Crippen LogP contribution in [0.3, 0.4) is 0 Å². The van der Waals surface area contributed by atoms with Crippen molar-refractivity contribution in [3.63, 3.8) is 0 Å². The van der Waals surface area contributed by atoms with Gasteiger partial charge < -0.3 is 19.5 Å². The van der Waals surface area contributed by atoms with E-state index in [9.17, 15) is 0 Å². The first-order valence-electron chi connectivity index (χ1n) is 8.19. The molecule has 1 aromatic rings. The zero-order valence-corrected chi connectivity index (χ0v) is 14.5. The topological polar surface area (TPSA) is 39.7 Å². The maximum atomic E-state index is 6.20. The summed E-state index contributed by atoms with van der Waals surface area (Å²) < 4.78 is 17.1. The zero-order valence-electron chi connectivity index (χ0n) is 14.5. The van der Waals surface area contributed by atoms with E-state index in [1.807, 2.05) is 6.07 Å². The van der Waals surface area contributed by atoms with Crippen molar-refractivity contribution in [3.8, 4) is 17.2 Å². The number of nitrogens with one attached hydrogen (secondary N) is 1. The molecule has 124 valence electrons. The molecule has 1 aliphatic rings. The van der Waals surface area contributed by atoms with Crippen LogP contribution in [0.5, 0.6) is 17.2 Å². The maximum absolute atomic E-state index is 6.20. The maximum Gasteiger partial charge on any atom is 0.203 e. The van der Waals surface area contributed by atoms with Crippen LogP contribution < -0.4 is 19.5 Å². The molecule has 0 radical (unpaired) electrons. The minimum atomic E-state index is -0.227. The normalized spacial score (nSPS) is 19.2. The molecule has 1 heterocycles. The summed E-state index contributed by atoms with van der Waals surface area (Å²) in [5, 5.41) is 3.68. The van der Waals surface area contributed by atoms with Crippen LogP contribution in [-0.4, -0.2) is 26.4 Å². The van der Waals surface area contributed by atoms with Crippen LogP contribution >= 0.6 is 0 Å². The molecule has 0 spiro atoms. The van der Waals surface area contributed by atoms with Gasteiger partial charge in [-0.15, -0.1) is 0 Å². The first-order chi connectivity index (χ1) is 10.5. The number of rotatable bonds is 7. The summed E-state index contributed by atoms with van der Waals surface area (Å²) >= 11 is 0. The third kappa shape index (κ3) is 3.67. The SMILES string of the molecule is CCCCCNC1CC(C)(C)Oc2c1ccc(OC)c2OC. The van der Waals surface area contributed by atoms with Crippen molar-refractivity contribution < 1.29 is 14.2 Å². The van der Waals surface area contributed by atoms with Crippen LogP contribution in [0.1, 0.15) is 58.1 Å². The van der Waals surface area contributed by atoms with Crippen LogP contribution in [0.2, 0.25) is 0 Å². The van der Waals surface area contributed by atoms with E-state index in [0.29, 0.717) is 11.5 Å². The molecule has 0 amide bonds. The molecular weight excluding hydrogens is 278 g/mol. The first-order valence-corrected chi connectivity index (χ1v) is 8.19. The molecule has 1 aromatic carbocycles. The quantitative estimate of drug-likeness (QED) is 0.770. The molecule has 0 fully saturated rings. The Kier molecular flexibility index (Phi) is 5.57. The summed E-state index contributed by atoms with van der Waals surface area (Å²) in [6.45, 7) is 7.50. The second-order valence-electron chi connectivity index (χ2n) is 6.50. The number of fused-ring (bicyclic) bond motifs is 1. The van der Waals surface area contributed by atoms with Gasteiger partial charge in [-0.25, -0.2) is 0 Å². The van der Waals surface area contributed by atoms with Crippen LogP contribution in [0.15, 0.2) is 12.1 Å². The van der Waals surface area contributed by atoms with Gasteiger partial charge in [0.2, 0.25) is 5.75 Å². The Morgan fingerprint density at radius 3 is 2.64 bits per heavy atom. The van der Waals surface area contributed by atoms with Crippen LogP contribution in [0.4, 0.5) is 0 Å². The summed E-state index contributed by atoms with van der Waals surface area (Å²) in [5.74, 6) is 2.21. The highest BCUT2D eigenvalue weighted by Crippen LogP contribution is 2.48. The van der Waals surface area contributed by atoms with Crippen LogP contribution in [0, 0.1) is 0 Å². The number of hydrogen-bond acceptors (Lipinski definition) is 4. The van der Waals surface area contributed by atoms with Gasteiger partial charge in [0.05, 0.1) is 14.2 Å². The highest BCUT2D eigenvalue weighted by atomic mass is 16.5. The Labute approximate surface area is 134 Å². The molecule has 0 aromatic heterocycles. The predicted octanol–water partition coefficient (Wildman–Crippen LogP) is 4.09. The van der Waals surface area contributed by atoms with Crippen LogP contribution in [0.25, 0.3) is 0 Å². The lowest BCUT2D eigenvalue weighted by Gasteiger charge is -2.38. The fourth-order valence-electron chi connectivity index (χ4n) is 3.05. The molecule has 1 unspecified atom stereocenters. The Hall–Kier alpha value is -1.42. The monoisotopic (exact) mass is 307 g/mol. The zero-order chi connectivity index (χ0) is 16.2. The van der Waals surface area contributed by atoms with E-state index in [4.69, 9.17) is 14.2 Å². The number of unbranched alkanes of at least 4 members (excludes halogenated alkanes) is 2. The van der Waals surface area contributed by atoms with Gasteiger partial charge in [-0.05, 0) is 38.9 Å². The summed E-state index contributed by atoms with van der Waals surface area (Å²) in [6, 6.07) is 4.33. The second-order valence-corrected chi connectivity index (χ2v) is 6.50. The second kappa shape index (κ2) is 7.23. The molecule has 0 aliphatic carbocycles. The molecule has 1 aliphatic heterocycles. The molecule has 2 rings (SSSR count). The van der Waals surface area contributed by atoms with Crippen molar-refractivity contribution in [1.29, 1.82) is 0 Å². The van der Waals surface area contributed by atoms with Gasteiger partial charge in [0.25, 0.3) is 0 Å². The highest BCUT2D eigenvalue weighted by Gasteiger charge is 2.36. The average Bonchev–Trinajstić information content (AvgIpc) is 2.49. The number of ether oxygens (including phenoxy) is 3. The molecular formula is C18H29NO3. The van der Waals surface area contributed by atoms with Gasteiger partial charge in [-0.2, -0.15) is 0 Å². The average molecular weight is 307 g/mol. The molecule has 4 heteroatoms. The van der Waals surface area contributed by atoms with Crippen molar-refractivity contribution in [2.24, 2.45) is 0 Å². The fraction of sp³-hybridized carbons (Fsp3) is 0.667. The van der Waals surface area contributed by atoms with Gasteiger partial charge in [-0.1, -0.05) is 19.8 Å². The smallest absolute Gasteiger partial charge is 0.203 e. The number of hydrogen-bond donors (Lipinski definition) is 1. The van der Waals surface area contributed by atoms with Gasteiger partial charge in [-0.3, -0.25) is 0 Å². The van der Waals surface area contributed by atoms with E-state index >= 15 is 0 Å². The van der Waals surface area contributed by atoms with E-state index in [1.54, 1.807) is 14.2 Å². The van der Waals surface area contributed by atoms with Gasteiger partial charge in [0.15, 0.2) is 11.5 Å². The van der Waals surface area contributed by atoms with Crippen molar-refractivity contribution in [2.45, 2.75) is 58.1 Å². The van der Waals surface area contributed by atoms with Crippen molar-refractivity contribution in [2.75, 3.05) is 20.8 Å². The Morgan fingerprint density at radius 2 is 2.00 bits per heavy atom. The van der Waals surface area contributed by atoms with E-state index in [1.165, 1.54) is 19.3 Å². The summed E-state index contributed by atoms with van der Waals surface area (Å²) in [7, 11) is 3.31. The summed E-state index contributed by atoms with van der Waals surface area (Å²) in [6.07, 6.45) is 4.65. The minimum absolute atomic E-state index is 0.227. The molecule has 22 heavy (non-hydrogen) atoms. The molecule has 0 saturated carbocycles. The van der Waals surface area contributed by atoms with Gasteiger partial charge >= 0.3 is 0 Å². The summed E-state index contributed by atoms with van der Waals surface area (Å²) in [5.41, 5.74) is 0.934. The third-order valence-corrected chi connectivity index (χ3v) is 4.15. The van der Waals surface area contributed by atoms with Crippen LogP contribution in [-0.2, 0) is 0 Å². The lowest BCUT2D eigenvalue weighted by molar-refractivity contribution is 0.0617. The van der Waals surface area contributed by atoms with E-state index in [0.717, 1.165) is 24.3 Å². The largest absolute Gasteiger partial charge is 0.493 e. The molecule has 0 bridgehead atoms. The van der Waals surface area contributed by atoms with Gasteiger partial charge in [0, 0.05) is 18.0 Å². The molecule has 1 atom stereocenters. The van der Waals surface area contributed by atoms with Crippen molar-refractivity contribution in [3.05, 3.63) is 17.7 Å². The van der Waals surface area contributed by atoms with E-state index < -0.39 is 0 Å². The number of benzene rings is 1. The van der Waals surface area contributed by atoms with E-state index in [-0.39, 0.29) is 11.6 Å². The minimum Gasteiger partial charge on any atom is -0.493 e. The molecule has 0 saturated heterocycles. The lowest BCUT2D eigenvalue weighted by Crippen LogP contribution is -2.40. The Balaban J connectivity index is 2.28. The lowest BCUT2D eigenvalue weighted by atomic mass is 9.89. The van der Waals surface area contributed by atoms with Gasteiger partial charge in [0.1, 0.15) is 5.60 Å². The van der Waals surface area contributed by atoms with E-state index in [2.05, 4.69) is 32.2 Å². The van der Waals surface area contributed by atoms with Crippen molar-refractivity contribution >= 4 is 0 Å². The Bertz CT molecular complexity index is 499. The third-order valence-electron chi connectivity index (χ3n) is 4.15. The van der Waals surface area contributed by atoms with Crippen molar-refractivity contribution in [1.82, 2.24) is 5.32 Å². The predicted molar refractivity (Wildman–Crippen MR) is 89.1 cm³/mol. The summed E-state index contributed by atoms with van der Waals surface area (Å²) in [4.78, 5) is 0. The number of methoxy groups -OCH3 is 2. The Morgan fingerprint density at radius 1 is 1.23 bits per heavy atom.